The molecule has 0 radical (unpaired) electrons. The fourth-order valence-electron chi connectivity index (χ4n) is 2.28. The third-order valence-corrected chi connectivity index (χ3v) is 4.93. The van der Waals surface area contributed by atoms with Gasteiger partial charge in [-0.3, -0.25) is 9.10 Å². The van der Waals surface area contributed by atoms with Crippen molar-refractivity contribution >= 4 is 33.2 Å². The summed E-state index contributed by atoms with van der Waals surface area (Å²) in [7, 11) is -3.65. The molecule has 0 bridgehead atoms. The van der Waals surface area contributed by atoms with E-state index >= 15 is 0 Å². The second-order valence-corrected chi connectivity index (χ2v) is 7.80. The van der Waals surface area contributed by atoms with E-state index in [9.17, 15) is 13.2 Å². The number of nitrogens with zero attached hydrogens (tertiary/aromatic N) is 1. The van der Waals surface area contributed by atoms with E-state index in [1.807, 2.05) is 6.92 Å². The highest BCUT2D eigenvalue weighted by Crippen LogP contribution is 2.28. The van der Waals surface area contributed by atoms with Crippen LogP contribution in [0.4, 0.5) is 5.69 Å². The quantitative estimate of drug-likeness (QED) is 0.671. The van der Waals surface area contributed by atoms with Gasteiger partial charge in [-0.05, 0) is 44.9 Å². The number of halogens is 1. The molecule has 136 valence electrons. The van der Waals surface area contributed by atoms with Gasteiger partial charge in [0.05, 0.1) is 11.9 Å². The Morgan fingerprint density at radius 2 is 2.08 bits per heavy atom. The molecule has 8 heteroatoms. The molecule has 0 heterocycles. The van der Waals surface area contributed by atoms with Crippen LogP contribution in [0.5, 0.6) is 0 Å². The first-order valence-corrected chi connectivity index (χ1v) is 10.0. The zero-order chi connectivity index (χ0) is 18.3. The Hall–Kier alpha value is -1.31. The molecule has 0 saturated carbocycles. The average Bonchev–Trinajstić information content (AvgIpc) is 2.49. The van der Waals surface area contributed by atoms with Crippen molar-refractivity contribution in [2.75, 3.05) is 30.3 Å². The summed E-state index contributed by atoms with van der Waals surface area (Å²) < 4.78 is 30.8. The van der Waals surface area contributed by atoms with Crippen molar-refractivity contribution in [2.45, 2.75) is 33.2 Å². The minimum absolute atomic E-state index is 0.365. The summed E-state index contributed by atoms with van der Waals surface area (Å²) in [5.74, 6) is -0.365. The van der Waals surface area contributed by atoms with Gasteiger partial charge in [-0.1, -0.05) is 17.7 Å². The predicted molar refractivity (Wildman–Crippen MR) is 97.1 cm³/mol. The number of hydrogen-bond donors (Lipinski definition) is 1. The van der Waals surface area contributed by atoms with Crippen LogP contribution in [0, 0.1) is 6.92 Å². The average molecular weight is 377 g/mol. The van der Waals surface area contributed by atoms with E-state index in [4.69, 9.17) is 16.3 Å². The smallest absolute Gasteiger partial charge is 0.243 e. The van der Waals surface area contributed by atoms with Gasteiger partial charge in [0.15, 0.2) is 0 Å². The lowest BCUT2D eigenvalue weighted by atomic mass is 10.2. The van der Waals surface area contributed by atoms with E-state index in [-0.39, 0.29) is 5.91 Å². The number of hydrogen-bond acceptors (Lipinski definition) is 4. The first-order valence-electron chi connectivity index (χ1n) is 7.79. The lowest BCUT2D eigenvalue weighted by Gasteiger charge is -2.29. The second kappa shape index (κ2) is 9.25. The number of anilines is 1. The molecule has 1 aromatic rings. The van der Waals surface area contributed by atoms with E-state index in [2.05, 4.69) is 5.32 Å². The molecule has 24 heavy (non-hydrogen) atoms. The minimum Gasteiger partial charge on any atom is -0.382 e. The van der Waals surface area contributed by atoms with E-state index in [0.29, 0.717) is 36.9 Å². The highest BCUT2D eigenvalue weighted by atomic mass is 35.5. The summed E-state index contributed by atoms with van der Waals surface area (Å²) in [5.41, 5.74) is 1.13. The highest BCUT2D eigenvalue weighted by Gasteiger charge is 2.30. The standard InChI is InChI=1S/C16H25ClN2O4S/c1-5-23-10-6-9-18-16(20)13(3)19(24(4,21)22)15-11-14(17)8-7-12(15)2/h7-8,11,13H,5-6,9-10H2,1-4H3,(H,18,20)/t13-/m1/s1. The van der Waals surface area contributed by atoms with Crippen LogP contribution in [0.25, 0.3) is 0 Å². The molecule has 6 nitrogen and oxygen atoms in total. The van der Waals surface area contributed by atoms with Crippen molar-refractivity contribution in [3.8, 4) is 0 Å². The van der Waals surface area contributed by atoms with E-state index in [1.54, 1.807) is 32.0 Å². The SMILES string of the molecule is CCOCCCNC(=O)[C@@H](C)N(c1cc(Cl)ccc1C)S(C)(=O)=O. The van der Waals surface area contributed by atoms with Crippen molar-refractivity contribution in [1.29, 1.82) is 0 Å². The molecule has 0 aliphatic carbocycles. The first-order chi connectivity index (χ1) is 11.2. The van der Waals surface area contributed by atoms with E-state index in [0.717, 1.165) is 16.1 Å². The Morgan fingerprint density at radius 3 is 2.67 bits per heavy atom. The Bertz CT molecular complexity index is 664. The third-order valence-electron chi connectivity index (χ3n) is 3.47. The first kappa shape index (κ1) is 20.7. The molecular weight excluding hydrogens is 352 g/mol. The predicted octanol–water partition coefficient (Wildman–Crippen LogP) is 2.35. The van der Waals surface area contributed by atoms with Crippen LogP contribution in [0.15, 0.2) is 18.2 Å². The largest absolute Gasteiger partial charge is 0.382 e. The van der Waals surface area contributed by atoms with Crippen LogP contribution in [0.2, 0.25) is 5.02 Å². The Morgan fingerprint density at radius 1 is 1.42 bits per heavy atom. The number of amides is 1. The van der Waals surface area contributed by atoms with Gasteiger partial charge in [0.25, 0.3) is 0 Å². The van der Waals surface area contributed by atoms with Crippen LogP contribution in [-0.2, 0) is 19.6 Å². The van der Waals surface area contributed by atoms with Gasteiger partial charge in [-0.25, -0.2) is 8.42 Å². The molecule has 0 aliphatic rings. The third kappa shape index (κ3) is 5.96. The summed E-state index contributed by atoms with van der Waals surface area (Å²) >= 11 is 5.99. The Balaban J connectivity index is 2.93. The number of carbonyl (C=O) groups excluding carboxylic acids is 1. The summed E-state index contributed by atoms with van der Waals surface area (Å²) in [6.07, 6.45) is 1.74. The van der Waals surface area contributed by atoms with Crippen LogP contribution in [0.3, 0.4) is 0 Å². The number of ether oxygens (including phenoxy) is 1. The Labute approximate surface area is 149 Å². The van der Waals surface area contributed by atoms with Crippen LogP contribution < -0.4 is 9.62 Å². The fraction of sp³-hybridized carbons (Fsp3) is 0.562. The number of rotatable bonds is 9. The number of benzene rings is 1. The molecule has 0 fully saturated rings. The van der Waals surface area contributed by atoms with Gasteiger partial charge in [-0.2, -0.15) is 0 Å². The lowest BCUT2D eigenvalue weighted by Crippen LogP contribution is -2.48. The monoisotopic (exact) mass is 376 g/mol. The number of aryl methyl sites for hydroxylation is 1. The van der Waals surface area contributed by atoms with Crippen molar-refractivity contribution in [3.05, 3.63) is 28.8 Å². The van der Waals surface area contributed by atoms with Crippen LogP contribution in [0.1, 0.15) is 25.8 Å². The van der Waals surface area contributed by atoms with E-state index < -0.39 is 16.1 Å². The summed E-state index contributed by atoms with van der Waals surface area (Å²) in [5, 5.41) is 3.15. The zero-order valence-corrected chi connectivity index (χ0v) is 16.1. The summed E-state index contributed by atoms with van der Waals surface area (Å²) in [4.78, 5) is 12.3. The number of sulfonamides is 1. The van der Waals surface area contributed by atoms with Crippen molar-refractivity contribution in [1.82, 2.24) is 5.32 Å². The summed E-state index contributed by atoms with van der Waals surface area (Å²) in [6.45, 7) is 6.83. The number of nitrogens with one attached hydrogen (secondary N) is 1. The maximum atomic E-state index is 12.3. The molecule has 1 aromatic carbocycles. The lowest BCUT2D eigenvalue weighted by molar-refractivity contribution is -0.121. The van der Waals surface area contributed by atoms with Gasteiger partial charge < -0.3 is 10.1 Å². The van der Waals surface area contributed by atoms with Gasteiger partial charge in [0.1, 0.15) is 6.04 Å². The van der Waals surface area contributed by atoms with Gasteiger partial charge in [-0.15, -0.1) is 0 Å². The molecular formula is C16H25ClN2O4S. The number of carbonyl (C=O) groups is 1. The molecule has 0 saturated heterocycles. The normalized spacial score (nSPS) is 12.7. The second-order valence-electron chi connectivity index (χ2n) is 5.51. The van der Waals surface area contributed by atoms with Crippen LogP contribution >= 0.6 is 11.6 Å². The van der Waals surface area contributed by atoms with Gasteiger partial charge >= 0.3 is 0 Å². The van der Waals surface area contributed by atoms with Crippen molar-refractivity contribution < 1.29 is 17.9 Å². The summed E-state index contributed by atoms with van der Waals surface area (Å²) in [6, 6.07) is 4.07. The molecule has 1 atom stereocenters. The van der Waals surface area contributed by atoms with Crippen molar-refractivity contribution in [2.24, 2.45) is 0 Å². The highest BCUT2D eigenvalue weighted by molar-refractivity contribution is 7.92. The topological polar surface area (TPSA) is 75.7 Å². The maximum Gasteiger partial charge on any atom is 0.243 e. The molecule has 1 N–H and O–H groups in total. The zero-order valence-electron chi connectivity index (χ0n) is 14.5. The van der Waals surface area contributed by atoms with E-state index in [1.165, 1.54) is 0 Å². The Kier molecular flexibility index (Phi) is 7.99. The van der Waals surface area contributed by atoms with Crippen molar-refractivity contribution in [3.63, 3.8) is 0 Å². The molecule has 0 spiro atoms. The fourth-order valence-corrected chi connectivity index (χ4v) is 3.67. The molecule has 0 unspecified atom stereocenters. The molecule has 0 aromatic heterocycles. The van der Waals surface area contributed by atoms with Gasteiger partial charge in [0.2, 0.25) is 15.9 Å². The minimum atomic E-state index is -3.65. The maximum absolute atomic E-state index is 12.3. The molecule has 1 amide bonds. The van der Waals surface area contributed by atoms with Crippen LogP contribution in [-0.4, -0.2) is 46.4 Å². The molecule has 1 rings (SSSR count). The van der Waals surface area contributed by atoms with Gasteiger partial charge in [0, 0.05) is 24.8 Å². The molecule has 0 aliphatic heterocycles.